The first kappa shape index (κ1) is 27.8. The van der Waals surface area contributed by atoms with Gasteiger partial charge in [0.05, 0.1) is 44.2 Å². The molecule has 0 amide bonds. The second-order valence-electron chi connectivity index (χ2n) is 10.2. The third-order valence-electron chi connectivity index (χ3n) is 7.46. The number of benzene rings is 2. The summed E-state index contributed by atoms with van der Waals surface area (Å²) in [5.74, 6) is -1.18. The maximum atomic E-state index is 15.0. The average molecular weight is 582 g/mol. The average Bonchev–Trinajstić information content (AvgIpc) is 3.60. The molecule has 0 aliphatic carbocycles. The minimum Gasteiger partial charge on any atom is -0.494 e. The predicted molar refractivity (Wildman–Crippen MR) is 150 cm³/mol. The molecule has 0 spiro atoms. The summed E-state index contributed by atoms with van der Waals surface area (Å²) in [6.07, 6.45) is 3.42. The maximum Gasteiger partial charge on any atom is 0.240 e. The van der Waals surface area contributed by atoms with Crippen LogP contribution in [-0.2, 0) is 16.6 Å². The van der Waals surface area contributed by atoms with Gasteiger partial charge >= 0.3 is 0 Å². The summed E-state index contributed by atoms with van der Waals surface area (Å²) in [5.41, 5.74) is 2.45. The van der Waals surface area contributed by atoms with E-state index in [0.29, 0.717) is 67.0 Å². The zero-order chi connectivity index (χ0) is 29.4. The fraction of sp³-hybridized carbons (Fsp3) is 0.345. The van der Waals surface area contributed by atoms with Gasteiger partial charge in [-0.3, -0.25) is 9.52 Å². The molecule has 10 nitrogen and oxygen atoms in total. The highest BCUT2D eigenvalue weighted by molar-refractivity contribution is 5.86. The summed E-state index contributed by atoms with van der Waals surface area (Å²) in [6.45, 7) is 4.07. The highest BCUT2D eigenvalue weighted by atomic mass is 19.2. The van der Waals surface area contributed by atoms with E-state index in [4.69, 9.17) is 14.3 Å². The first-order chi connectivity index (χ1) is 20.3. The van der Waals surface area contributed by atoms with Gasteiger partial charge in [0.15, 0.2) is 17.5 Å². The molecule has 220 valence electrons. The number of aromatic nitrogens is 4. The number of aryl methyl sites for hydroxylation is 1. The number of nitrogens with zero attached hydrogens (tertiary/aromatic N) is 6. The SMILES string of the molecule is COc1cc(N2CCOC[C@@H]2C)c(-c2cn(C)nc2F)cc1Nc1cc(N2OCC[C@@H]2c2cccc(F)c2F)ncn1. The lowest BCUT2D eigenvalue weighted by atomic mass is 10.0. The quantitative estimate of drug-likeness (QED) is 0.318. The number of halogens is 3. The Kier molecular flexibility index (Phi) is 7.60. The van der Waals surface area contributed by atoms with Crippen LogP contribution >= 0.6 is 0 Å². The molecule has 4 aromatic rings. The number of morpholine rings is 1. The van der Waals surface area contributed by atoms with Crippen LogP contribution in [0.4, 0.5) is 36.2 Å². The van der Waals surface area contributed by atoms with Crippen molar-refractivity contribution in [3.8, 4) is 16.9 Å². The molecule has 2 saturated heterocycles. The predicted octanol–water partition coefficient (Wildman–Crippen LogP) is 5.15. The Bertz CT molecular complexity index is 1600. The van der Waals surface area contributed by atoms with E-state index in [-0.39, 0.29) is 11.6 Å². The van der Waals surface area contributed by atoms with Gasteiger partial charge in [-0.25, -0.2) is 23.8 Å². The Morgan fingerprint density at radius 2 is 1.93 bits per heavy atom. The summed E-state index contributed by atoms with van der Waals surface area (Å²) < 4.78 is 56.4. The number of rotatable bonds is 7. The van der Waals surface area contributed by atoms with Crippen LogP contribution in [0.25, 0.3) is 11.1 Å². The zero-order valence-electron chi connectivity index (χ0n) is 23.4. The van der Waals surface area contributed by atoms with Gasteiger partial charge in [0.25, 0.3) is 0 Å². The molecule has 2 fully saturated rings. The number of nitrogens with one attached hydrogen (secondary N) is 1. The Morgan fingerprint density at radius 1 is 1.07 bits per heavy atom. The topological polar surface area (TPSA) is 89.8 Å². The normalized spacial score (nSPS) is 18.9. The van der Waals surface area contributed by atoms with Gasteiger partial charge < -0.3 is 19.7 Å². The Hall–Kier alpha value is -4.36. The highest BCUT2D eigenvalue weighted by Crippen LogP contribution is 2.42. The fourth-order valence-electron chi connectivity index (χ4n) is 5.45. The monoisotopic (exact) mass is 581 g/mol. The molecule has 1 N–H and O–H groups in total. The van der Waals surface area contributed by atoms with E-state index in [2.05, 4.69) is 25.3 Å². The van der Waals surface area contributed by atoms with Crippen molar-refractivity contribution in [3.05, 3.63) is 72.1 Å². The van der Waals surface area contributed by atoms with E-state index in [1.807, 2.05) is 13.0 Å². The molecule has 6 rings (SSSR count). The Labute approximate surface area is 240 Å². The largest absolute Gasteiger partial charge is 0.494 e. The van der Waals surface area contributed by atoms with Crippen molar-refractivity contribution in [2.45, 2.75) is 25.4 Å². The van der Waals surface area contributed by atoms with Crippen molar-refractivity contribution in [2.24, 2.45) is 7.05 Å². The molecule has 13 heteroatoms. The molecule has 0 unspecified atom stereocenters. The molecule has 2 aromatic carbocycles. The van der Waals surface area contributed by atoms with Crippen molar-refractivity contribution < 1.29 is 27.5 Å². The summed E-state index contributed by atoms with van der Waals surface area (Å²) >= 11 is 0. The Balaban J connectivity index is 1.37. The smallest absolute Gasteiger partial charge is 0.240 e. The second-order valence-corrected chi connectivity index (χ2v) is 10.2. The number of hydroxylamine groups is 1. The third kappa shape index (κ3) is 5.21. The first-order valence-corrected chi connectivity index (χ1v) is 13.5. The molecule has 4 heterocycles. The molecule has 42 heavy (non-hydrogen) atoms. The van der Waals surface area contributed by atoms with Crippen molar-refractivity contribution >= 4 is 23.0 Å². The lowest BCUT2D eigenvalue weighted by molar-refractivity contribution is 0.0990. The highest BCUT2D eigenvalue weighted by Gasteiger charge is 2.32. The van der Waals surface area contributed by atoms with Gasteiger partial charge in [-0.1, -0.05) is 12.1 Å². The van der Waals surface area contributed by atoms with Crippen LogP contribution in [0.2, 0.25) is 0 Å². The number of hydrogen-bond acceptors (Lipinski definition) is 9. The van der Waals surface area contributed by atoms with E-state index >= 15 is 4.39 Å². The standard InChI is InChI=1S/C29H30F3N7O3/c1-17-15-41-10-8-38(17)24-12-25(40-3)22(11-19(24)20-14-37(2)36-29(20)32)35-26-13-27(34-16-33-26)39-23(7-9-42-39)18-5-4-6-21(30)28(18)31/h4-6,11-14,16-17,23H,7-10,15H2,1-3H3,(H,33,34,35)/t17-,23+/m0/s1. The number of methoxy groups -OCH3 is 1. The molecule has 2 aliphatic heterocycles. The minimum atomic E-state index is -0.924. The van der Waals surface area contributed by atoms with Gasteiger partial charge in [0.1, 0.15) is 17.9 Å². The van der Waals surface area contributed by atoms with Crippen LogP contribution in [0.15, 0.2) is 48.9 Å². The third-order valence-corrected chi connectivity index (χ3v) is 7.46. The summed E-state index contributed by atoms with van der Waals surface area (Å²) in [4.78, 5) is 16.6. The first-order valence-electron chi connectivity index (χ1n) is 13.5. The zero-order valence-corrected chi connectivity index (χ0v) is 23.4. The van der Waals surface area contributed by atoms with Crippen molar-refractivity contribution in [1.29, 1.82) is 0 Å². The molecule has 0 saturated carbocycles. The minimum absolute atomic E-state index is 0.0569. The van der Waals surface area contributed by atoms with E-state index in [1.54, 1.807) is 32.5 Å². The number of hydrogen-bond donors (Lipinski definition) is 1. The molecule has 2 aliphatic rings. The van der Waals surface area contributed by atoms with E-state index in [0.717, 1.165) is 11.8 Å². The van der Waals surface area contributed by atoms with Crippen molar-refractivity contribution in [1.82, 2.24) is 19.7 Å². The molecule has 2 aromatic heterocycles. The van der Waals surface area contributed by atoms with Crippen LogP contribution < -0.4 is 20.0 Å². The second kappa shape index (κ2) is 11.5. The lowest BCUT2D eigenvalue weighted by Gasteiger charge is -2.36. The van der Waals surface area contributed by atoms with Crippen LogP contribution in [-0.4, -0.2) is 59.3 Å². The van der Waals surface area contributed by atoms with E-state index < -0.39 is 23.6 Å². The fourth-order valence-corrected chi connectivity index (χ4v) is 5.45. The summed E-state index contributed by atoms with van der Waals surface area (Å²) in [6, 6.07) is 8.86. The van der Waals surface area contributed by atoms with Crippen molar-refractivity contribution in [3.63, 3.8) is 0 Å². The molecular formula is C29H30F3N7O3. The Morgan fingerprint density at radius 3 is 2.69 bits per heavy atom. The molecular weight excluding hydrogens is 551 g/mol. The van der Waals surface area contributed by atoms with Gasteiger partial charge in [-0.05, 0) is 19.1 Å². The van der Waals surface area contributed by atoms with E-state index in [1.165, 1.54) is 28.2 Å². The number of anilines is 4. The van der Waals surface area contributed by atoms with Crippen LogP contribution in [0.1, 0.15) is 24.9 Å². The molecule has 2 atom stereocenters. The van der Waals surface area contributed by atoms with E-state index in [9.17, 15) is 8.78 Å². The van der Waals surface area contributed by atoms with Crippen LogP contribution in [0.3, 0.4) is 0 Å². The summed E-state index contributed by atoms with van der Waals surface area (Å²) in [7, 11) is 3.22. The van der Waals surface area contributed by atoms with Gasteiger partial charge in [-0.15, -0.1) is 5.10 Å². The van der Waals surface area contributed by atoms with Gasteiger partial charge in [0, 0.05) is 61.2 Å². The van der Waals surface area contributed by atoms with Crippen molar-refractivity contribution in [2.75, 3.05) is 48.8 Å². The maximum absolute atomic E-state index is 15.0. The number of ether oxygens (including phenoxy) is 2. The summed E-state index contributed by atoms with van der Waals surface area (Å²) in [5, 5.41) is 8.63. The van der Waals surface area contributed by atoms with Crippen LogP contribution in [0, 0.1) is 17.6 Å². The van der Waals surface area contributed by atoms with Gasteiger partial charge in [0.2, 0.25) is 5.95 Å². The lowest BCUT2D eigenvalue weighted by Crippen LogP contribution is -2.44. The molecule has 0 radical (unpaired) electrons. The molecule has 0 bridgehead atoms. The van der Waals surface area contributed by atoms with Gasteiger partial charge in [-0.2, -0.15) is 4.39 Å². The van der Waals surface area contributed by atoms with Crippen LogP contribution in [0.5, 0.6) is 5.75 Å².